The average molecular weight is 212 g/mol. The molecule has 0 aliphatic carbocycles. The van der Waals surface area contributed by atoms with Gasteiger partial charge < -0.3 is 19.9 Å². The van der Waals surface area contributed by atoms with E-state index < -0.39 is 0 Å². The van der Waals surface area contributed by atoms with E-state index in [9.17, 15) is 0 Å². The van der Waals surface area contributed by atoms with Gasteiger partial charge in [-0.2, -0.15) is 0 Å². The van der Waals surface area contributed by atoms with E-state index in [-0.39, 0.29) is 0 Å². The Morgan fingerprint density at radius 1 is 1.00 bits per heavy atom. The summed E-state index contributed by atoms with van der Waals surface area (Å²) in [6.07, 6.45) is 0.753. The number of benzene rings is 1. The lowest BCUT2D eigenvalue weighted by Gasteiger charge is -2.15. The van der Waals surface area contributed by atoms with Crippen LogP contribution in [0, 0.1) is 0 Å². The van der Waals surface area contributed by atoms with Crippen molar-refractivity contribution >= 4 is 0 Å². The highest BCUT2D eigenvalue weighted by molar-refractivity contribution is 5.55. The maximum atomic E-state index is 5.52. The Morgan fingerprint density at radius 2 is 1.67 bits per heavy atom. The first-order valence-corrected chi connectivity index (χ1v) is 4.76. The van der Waals surface area contributed by atoms with Gasteiger partial charge in [0.15, 0.2) is 11.5 Å². The zero-order valence-electron chi connectivity index (χ0n) is 9.37. The zero-order valence-corrected chi connectivity index (χ0v) is 9.37. The molecule has 84 valence electrons. The number of hydrogen-bond acceptors (Lipinski definition) is 4. The third kappa shape index (κ3) is 2.33. The van der Waals surface area contributed by atoms with Crippen LogP contribution in [0.1, 0.15) is 5.56 Å². The topological polar surface area (TPSA) is 53.7 Å². The third-order valence-electron chi connectivity index (χ3n) is 2.20. The second-order valence-corrected chi connectivity index (χ2v) is 3.03. The van der Waals surface area contributed by atoms with E-state index in [1.165, 1.54) is 0 Å². The van der Waals surface area contributed by atoms with Crippen molar-refractivity contribution in [2.24, 2.45) is 5.73 Å². The van der Waals surface area contributed by atoms with E-state index in [1.807, 2.05) is 12.1 Å². The Bertz CT molecular complexity index is 326. The number of ether oxygens (including phenoxy) is 3. The van der Waals surface area contributed by atoms with Crippen molar-refractivity contribution in [2.75, 3.05) is 27.9 Å². The first-order valence-electron chi connectivity index (χ1n) is 4.76. The quantitative estimate of drug-likeness (QED) is 0.797. The summed E-state index contributed by atoms with van der Waals surface area (Å²) < 4.78 is 15.7. The third-order valence-corrected chi connectivity index (χ3v) is 2.20. The SMILES string of the molecule is COc1c[13cH]c(CCN)c(OC)c1OC. The van der Waals surface area contributed by atoms with Gasteiger partial charge in [-0.05, 0) is 24.6 Å². The molecule has 0 aliphatic heterocycles. The molecular formula is C11H17NO3. The van der Waals surface area contributed by atoms with E-state index >= 15 is 0 Å². The lowest BCUT2D eigenvalue weighted by atomic mass is 10.2. The highest BCUT2D eigenvalue weighted by Gasteiger charge is 2.14. The smallest absolute Gasteiger partial charge is 0.203 e. The molecule has 1 aromatic carbocycles. The van der Waals surface area contributed by atoms with Gasteiger partial charge in [-0.15, -0.1) is 0 Å². The minimum absolute atomic E-state index is 0.575. The zero-order chi connectivity index (χ0) is 11.3. The summed E-state index contributed by atoms with van der Waals surface area (Å²) in [6.45, 7) is 0.575. The van der Waals surface area contributed by atoms with E-state index in [1.54, 1.807) is 21.3 Å². The summed E-state index contributed by atoms with van der Waals surface area (Å²) in [5.41, 5.74) is 6.54. The van der Waals surface area contributed by atoms with Gasteiger partial charge in [-0.25, -0.2) is 0 Å². The van der Waals surface area contributed by atoms with Crippen molar-refractivity contribution in [2.45, 2.75) is 6.42 Å². The highest BCUT2D eigenvalue weighted by atomic mass is 16.5. The van der Waals surface area contributed by atoms with Gasteiger partial charge in [0.05, 0.1) is 21.3 Å². The molecule has 1 aromatic rings. The number of rotatable bonds is 5. The Balaban J connectivity index is 3.21. The van der Waals surface area contributed by atoms with Crippen molar-refractivity contribution < 1.29 is 14.2 Å². The average Bonchev–Trinajstić information content (AvgIpc) is 2.28. The van der Waals surface area contributed by atoms with Crippen LogP contribution in [-0.2, 0) is 6.42 Å². The molecule has 0 saturated carbocycles. The van der Waals surface area contributed by atoms with Crippen molar-refractivity contribution in [1.82, 2.24) is 0 Å². The number of methoxy groups -OCH3 is 3. The summed E-state index contributed by atoms with van der Waals surface area (Å²) in [4.78, 5) is 0. The molecule has 0 aliphatic rings. The Hall–Kier alpha value is -1.42. The fourth-order valence-electron chi connectivity index (χ4n) is 1.52. The molecule has 0 atom stereocenters. The van der Waals surface area contributed by atoms with Crippen LogP contribution in [0.25, 0.3) is 0 Å². The molecule has 2 N–H and O–H groups in total. The molecule has 0 heterocycles. The van der Waals surface area contributed by atoms with Gasteiger partial charge >= 0.3 is 0 Å². The van der Waals surface area contributed by atoms with Gasteiger partial charge in [0.25, 0.3) is 0 Å². The number of nitrogens with two attached hydrogens (primary N) is 1. The lowest BCUT2D eigenvalue weighted by Crippen LogP contribution is -2.05. The van der Waals surface area contributed by atoms with Gasteiger partial charge in [-0.3, -0.25) is 0 Å². The molecule has 0 spiro atoms. The normalized spacial score (nSPS) is 9.87. The molecule has 15 heavy (non-hydrogen) atoms. The minimum Gasteiger partial charge on any atom is -0.493 e. The Morgan fingerprint density at radius 3 is 2.13 bits per heavy atom. The van der Waals surface area contributed by atoms with Crippen molar-refractivity contribution in [1.29, 1.82) is 0 Å². The van der Waals surface area contributed by atoms with Crippen molar-refractivity contribution in [3.8, 4) is 17.2 Å². The van der Waals surface area contributed by atoms with Gasteiger partial charge in [0, 0.05) is 0 Å². The summed E-state index contributed by atoms with van der Waals surface area (Å²) in [6, 6.07) is 3.79. The maximum absolute atomic E-state index is 5.52. The molecule has 1 rings (SSSR count). The molecule has 0 radical (unpaired) electrons. The maximum Gasteiger partial charge on any atom is 0.203 e. The van der Waals surface area contributed by atoms with Crippen LogP contribution in [0.3, 0.4) is 0 Å². The summed E-state index contributed by atoms with van der Waals surface area (Å²) >= 11 is 0. The van der Waals surface area contributed by atoms with Crippen LogP contribution >= 0.6 is 0 Å². The summed E-state index contributed by atoms with van der Waals surface area (Å²) in [5, 5.41) is 0. The first kappa shape index (κ1) is 11.7. The molecule has 0 bridgehead atoms. The van der Waals surface area contributed by atoms with E-state index in [0.29, 0.717) is 23.8 Å². The molecule has 0 amide bonds. The Labute approximate surface area is 89.9 Å². The van der Waals surface area contributed by atoms with E-state index in [0.717, 1.165) is 12.0 Å². The second kappa shape index (κ2) is 5.46. The van der Waals surface area contributed by atoms with Crippen molar-refractivity contribution in [3.05, 3.63) is 17.7 Å². The largest absolute Gasteiger partial charge is 0.493 e. The standard InChI is InChI=1S/C11H17NO3/c1-13-9-5-4-8(6-7-12)10(14-2)11(9)15-3/h4-5H,6-7,12H2,1-3H3/i4+1. The first-order chi connectivity index (χ1) is 7.28. The fraction of sp³-hybridized carbons (Fsp3) is 0.455. The predicted molar refractivity (Wildman–Crippen MR) is 58.9 cm³/mol. The number of hydrogen-bond donors (Lipinski definition) is 1. The van der Waals surface area contributed by atoms with Crippen LogP contribution in [-0.4, -0.2) is 27.9 Å². The summed E-state index contributed by atoms with van der Waals surface area (Å²) in [5.74, 6) is 1.98. The van der Waals surface area contributed by atoms with Gasteiger partial charge in [0.2, 0.25) is 5.75 Å². The molecule has 0 saturated heterocycles. The second-order valence-electron chi connectivity index (χ2n) is 3.03. The van der Waals surface area contributed by atoms with Crippen LogP contribution in [0.2, 0.25) is 0 Å². The fourth-order valence-corrected chi connectivity index (χ4v) is 1.52. The highest BCUT2D eigenvalue weighted by Crippen LogP contribution is 2.39. The van der Waals surface area contributed by atoms with Gasteiger partial charge in [0.1, 0.15) is 0 Å². The molecule has 0 aromatic heterocycles. The molecular weight excluding hydrogens is 195 g/mol. The van der Waals surface area contributed by atoms with Crippen molar-refractivity contribution in [3.63, 3.8) is 0 Å². The lowest BCUT2D eigenvalue weighted by molar-refractivity contribution is 0.322. The minimum atomic E-state index is 0.575. The molecule has 4 heteroatoms. The van der Waals surface area contributed by atoms with Crippen LogP contribution in [0.15, 0.2) is 12.1 Å². The summed E-state index contributed by atoms with van der Waals surface area (Å²) in [7, 11) is 4.80. The monoisotopic (exact) mass is 212 g/mol. The predicted octanol–water partition coefficient (Wildman–Crippen LogP) is 1.21. The van der Waals surface area contributed by atoms with Crippen LogP contribution in [0.5, 0.6) is 17.2 Å². The van der Waals surface area contributed by atoms with E-state index in [4.69, 9.17) is 19.9 Å². The van der Waals surface area contributed by atoms with Crippen LogP contribution < -0.4 is 19.9 Å². The van der Waals surface area contributed by atoms with E-state index in [2.05, 4.69) is 0 Å². The molecule has 4 nitrogen and oxygen atoms in total. The van der Waals surface area contributed by atoms with Gasteiger partial charge in [-0.1, -0.05) is 6.07 Å². The van der Waals surface area contributed by atoms with Crippen LogP contribution in [0.4, 0.5) is 0 Å². The Kier molecular flexibility index (Phi) is 4.24. The molecule has 0 fully saturated rings. The molecule has 0 unspecified atom stereocenters.